The van der Waals surface area contributed by atoms with E-state index in [2.05, 4.69) is 32.1 Å². The highest BCUT2D eigenvalue weighted by molar-refractivity contribution is 6.28. The van der Waals surface area contributed by atoms with Crippen LogP contribution in [0.4, 0.5) is 5.95 Å². The van der Waals surface area contributed by atoms with Crippen LogP contribution in [0, 0.1) is 11.8 Å². The summed E-state index contributed by atoms with van der Waals surface area (Å²) >= 11 is 5.62. The van der Waals surface area contributed by atoms with Gasteiger partial charge in [-0.2, -0.15) is 15.0 Å². The van der Waals surface area contributed by atoms with Crippen LogP contribution in [0.5, 0.6) is 6.01 Å². The van der Waals surface area contributed by atoms with Crippen molar-refractivity contribution in [1.29, 1.82) is 0 Å². The van der Waals surface area contributed by atoms with Crippen molar-refractivity contribution >= 4 is 17.5 Å². The lowest BCUT2D eigenvalue weighted by atomic mass is 10.6. The highest BCUT2D eigenvalue weighted by Crippen LogP contribution is 2.09. The van der Waals surface area contributed by atoms with E-state index < -0.39 is 0 Å². The third-order valence-corrected chi connectivity index (χ3v) is 1.45. The summed E-state index contributed by atoms with van der Waals surface area (Å²) in [6.45, 7) is 2.21. The Labute approximate surface area is 86.9 Å². The molecule has 0 aliphatic carbocycles. The number of ether oxygens (including phenoxy) is 1. The van der Waals surface area contributed by atoms with E-state index in [0.717, 1.165) is 0 Å². The summed E-state index contributed by atoms with van der Waals surface area (Å²) in [5, 5.41) is 2.95. The summed E-state index contributed by atoms with van der Waals surface area (Å²) in [5.41, 5.74) is 0. The average molecular weight is 213 g/mol. The van der Waals surface area contributed by atoms with Gasteiger partial charge in [0.2, 0.25) is 11.2 Å². The molecule has 0 spiro atoms. The summed E-state index contributed by atoms with van der Waals surface area (Å²) in [6.07, 6.45) is 0. The molecule has 0 radical (unpaired) electrons. The van der Waals surface area contributed by atoms with Crippen molar-refractivity contribution in [2.24, 2.45) is 0 Å². The first-order valence-corrected chi connectivity index (χ1v) is 4.23. The molecule has 0 aromatic carbocycles. The van der Waals surface area contributed by atoms with Gasteiger partial charge in [-0.1, -0.05) is 5.92 Å². The van der Waals surface area contributed by atoms with Gasteiger partial charge in [-0.3, -0.25) is 0 Å². The van der Waals surface area contributed by atoms with Crippen LogP contribution >= 0.6 is 11.6 Å². The fraction of sp³-hybridized carbons (Fsp3) is 0.375. The van der Waals surface area contributed by atoms with E-state index in [0.29, 0.717) is 12.5 Å². The van der Waals surface area contributed by atoms with Crippen LogP contribution < -0.4 is 10.1 Å². The van der Waals surface area contributed by atoms with Gasteiger partial charge in [0, 0.05) is 0 Å². The number of anilines is 1. The van der Waals surface area contributed by atoms with Crippen molar-refractivity contribution in [1.82, 2.24) is 15.0 Å². The Bertz CT molecular complexity index is 371. The summed E-state index contributed by atoms with van der Waals surface area (Å²) in [4.78, 5) is 11.5. The topological polar surface area (TPSA) is 59.9 Å². The predicted molar refractivity (Wildman–Crippen MR) is 53.3 cm³/mol. The van der Waals surface area contributed by atoms with E-state index in [1.807, 2.05) is 0 Å². The van der Waals surface area contributed by atoms with E-state index >= 15 is 0 Å². The molecule has 0 saturated heterocycles. The summed E-state index contributed by atoms with van der Waals surface area (Å²) in [6, 6.07) is 0.178. The lowest BCUT2D eigenvalue weighted by Gasteiger charge is -2.02. The average Bonchev–Trinajstić information content (AvgIpc) is 2.17. The number of halogens is 1. The van der Waals surface area contributed by atoms with Crippen molar-refractivity contribution in [2.45, 2.75) is 6.92 Å². The highest BCUT2D eigenvalue weighted by atomic mass is 35.5. The van der Waals surface area contributed by atoms with Crippen LogP contribution in [-0.4, -0.2) is 28.6 Å². The summed E-state index contributed by atoms with van der Waals surface area (Å²) < 4.78 is 4.82. The van der Waals surface area contributed by atoms with Crippen molar-refractivity contribution in [3.8, 4) is 17.9 Å². The molecule has 1 N–H and O–H groups in total. The molecule has 1 heterocycles. The number of rotatable bonds is 3. The third-order valence-electron chi connectivity index (χ3n) is 1.28. The molecule has 0 unspecified atom stereocenters. The molecule has 0 bridgehead atoms. The quantitative estimate of drug-likeness (QED) is 0.757. The van der Waals surface area contributed by atoms with Crippen LogP contribution in [0.2, 0.25) is 5.28 Å². The van der Waals surface area contributed by atoms with Gasteiger partial charge in [-0.25, -0.2) is 0 Å². The smallest absolute Gasteiger partial charge is 0.322 e. The molecule has 0 saturated carbocycles. The summed E-state index contributed by atoms with van der Waals surface area (Å²) in [5.74, 6) is 5.89. The van der Waals surface area contributed by atoms with E-state index in [1.54, 1.807) is 6.92 Å². The largest absolute Gasteiger partial charge is 0.467 e. The molecule has 0 aliphatic heterocycles. The molecule has 0 atom stereocenters. The van der Waals surface area contributed by atoms with Crippen molar-refractivity contribution < 1.29 is 4.74 Å². The maximum absolute atomic E-state index is 5.62. The minimum absolute atomic E-state index is 0.0869. The second-order valence-electron chi connectivity index (χ2n) is 2.20. The first-order valence-electron chi connectivity index (χ1n) is 3.85. The Morgan fingerprint density at radius 2 is 2.21 bits per heavy atom. The molecule has 0 aliphatic rings. The van der Waals surface area contributed by atoms with Gasteiger partial charge in [0.25, 0.3) is 0 Å². The zero-order chi connectivity index (χ0) is 10.4. The van der Waals surface area contributed by atoms with Gasteiger partial charge in [0.15, 0.2) is 0 Å². The van der Waals surface area contributed by atoms with E-state index in [-0.39, 0.29) is 11.3 Å². The van der Waals surface area contributed by atoms with Gasteiger partial charge >= 0.3 is 6.01 Å². The number of nitrogens with zero attached hydrogens (tertiary/aromatic N) is 3. The number of hydrogen-bond donors (Lipinski definition) is 1. The molecule has 6 heteroatoms. The molecule has 0 amide bonds. The molecule has 14 heavy (non-hydrogen) atoms. The Balaban J connectivity index is 2.74. The van der Waals surface area contributed by atoms with E-state index in [1.165, 1.54) is 7.11 Å². The first-order chi connectivity index (χ1) is 6.76. The Kier molecular flexibility index (Phi) is 3.95. The maximum Gasteiger partial charge on any atom is 0.322 e. The van der Waals surface area contributed by atoms with Gasteiger partial charge in [-0.15, -0.1) is 5.92 Å². The molecule has 1 aromatic heterocycles. The molecule has 5 nitrogen and oxygen atoms in total. The van der Waals surface area contributed by atoms with Gasteiger partial charge in [-0.05, 0) is 18.5 Å². The minimum Gasteiger partial charge on any atom is -0.467 e. The molecule has 74 valence electrons. The van der Waals surface area contributed by atoms with Crippen molar-refractivity contribution in [2.75, 3.05) is 19.0 Å². The number of methoxy groups -OCH3 is 1. The lowest BCUT2D eigenvalue weighted by Crippen LogP contribution is -2.05. The van der Waals surface area contributed by atoms with Crippen LogP contribution in [0.3, 0.4) is 0 Å². The molecule has 0 fully saturated rings. The summed E-state index contributed by atoms with van der Waals surface area (Å²) in [7, 11) is 1.46. The van der Waals surface area contributed by atoms with Crippen LogP contribution in [0.1, 0.15) is 6.92 Å². The van der Waals surface area contributed by atoms with Gasteiger partial charge < -0.3 is 10.1 Å². The molecular formula is C8H9ClN4O. The Morgan fingerprint density at radius 3 is 2.86 bits per heavy atom. The third kappa shape index (κ3) is 3.07. The van der Waals surface area contributed by atoms with Crippen LogP contribution in [0.25, 0.3) is 0 Å². The number of aromatic nitrogens is 3. The zero-order valence-electron chi connectivity index (χ0n) is 7.83. The van der Waals surface area contributed by atoms with Crippen LogP contribution in [-0.2, 0) is 0 Å². The zero-order valence-corrected chi connectivity index (χ0v) is 8.59. The Hall–Kier alpha value is -1.54. The lowest BCUT2D eigenvalue weighted by molar-refractivity contribution is 0.379. The first kappa shape index (κ1) is 10.5. The van der Waals surface area contributed by atoms with Gasteiger partial charge in [0.05, 0.1) is 13.7 Å². The predicted octanol–water partition coefficient (Wildman–Crippen LogP) is 0.969. The maximum atomic E-state index is 5.62. The molecule has 1 rings (SSSR count). The monoisotopic (exact) mass is 212 g/mol. The second kappa shape index (κ2) is 5.25. The standard InChI is InChI=1S/C8H9ClN4O/c1-3-4-5-10-7-11-6(9)12-8(13-7)14-2/h5H2,1-2H3,(H,10,11,12,13). The van der Waals surface area contributed by atoms with Gasteiger partial charge in [0.1, 0.15) is 0 Å². The van der Waals surface area contributed by atoms with E-state index in [9.17, 15) is 0 Å². The Morgan fingerprint density at radius 1 is 1.43 bits per heavy atom. The fourth-order valence-corrected chi connectivity index (χ4v) is 0.866. The highest BCUT2D eigenvalue weighted by Gasteiger charge is 2.02. The van der Waals surface area contributed by atoms with E-state index in [4.69, 9.17) is 16.3 Å². The second-order valence-corrected chi connectivity index (χ2v) is 2.53. The fourth-order valence-electron chi connectivity index (χ4n) is 0.714. The van der Waals surface area contributed by atoms with Crippen LogP contribution in [0.15, 0.2) is 0 Å². The molecular weight excluding hydrogens is 204 g/mol. The molecule has 1 aromatic rings. The van der Waals surface area contributed by atoms with Crippen molar-refractivity contribution in [3.63, 3.8) is 0 Å². The number of nitrogens with one attached hydrogen (secondary N) is 1. The minimum atomic E-state index is 0.0869. The SMILES string of the molecule is CC#CCNc1nc(Cl)nc(OC)n1. The number of hydrogen-bond acceptors (Lipinski definition) is 5. The van der Waals surface area contributed by atoms with Crippen molar-refractivity contribution in [3.05, 3.63) is 5.28 Å². The normalized spacial score (nSPS) is 8.79.